The maximum absolute atomic E-state index is 12.5. The molecule has 188 valence electrons. The number of para-hydroxylation sites is 1. The molecular formula is C27H30N4O5. The molecule has 1 aromatic heterocycles. The lowest BCUT2D eigenvalue weighted by Crippen LogP contribution is -2.38. The molecule has 2 aromatic carbocycles. The molecular weight excluding hydrogens is 460 g/mol. The van der Waals surface area contributed by atoms with Crippen LogP contribution in [0.3, 0.4) is 0 Å². The lowest BCUT2D eigenvalue weighted by molar-refractivity contribution is 0.00916. The van der Waals surface area contributed by atoms with Gasteiger partial charge in [0.05, 0.1) is 24.9 Å². The summed E-state index contributed by atoms with van der Waals surface area (Å²) in [7, 11) is 0. The molecule has 5 rings (SSSR count). The van der Waals surface area contributed by atoms with Gasteiger partial charge in [0.25, 0.3) is 0 Å². The van der Waals surface area contributed by atoms with Gasteiger partial charge in [-0.05, 0) is 42.5 Å². The first-order valence-corrected chi connectivity index (χ1v) is 12.0. The maximum atomic E-state index is 12.5. The van der Waals surface area contributed by atoms with Crippen LogP contribution in [0.4, 0.5) is 16.4 Å². The van der Waals surface area contributed by atoms with Crippen molar-refractivity contribution in [3.8, 4) is 11.5 Å². The molecule has 4 atom stereocenters. The number of fused-ring (bicyclic) bond motifs is 1. The Morgan fingerprint density at radius 2 is 1.67 bits per heavy atom. The highest BCUT2D eigenvalue weighted by atomic mass is 16.6. The normalized spacial score (nSPS) is 23.1. The van der Waals surface area contributed by atoms with E-state index >= 15 is 0 Å². The SMILES string of the molecule is CC(C)(C)c1ccnc(N[C@@H]2CO[C@@H]3[C@@H]2OC[C@H]3OC(=O)Nc2ccc(Oc3ccccc3)cc2)n1. The number of benzene rings is 2. The van der Waals surface area contributed by atoms with Crippen molar-refractivity contribution in [1.29, 1.82) is 0 Å². The van der Waals surface area contributed by atoms with Crippen LogP contribution < -0.4 is 15.4 Å². The van der Waals surface area contributed by atoms with E-state index in [9.17, 15) is 4.79 Å². The summed E-state index contributed by atoms with van der Waals surface area (Å²) in [6.45, 7) is 6.98. The summed E-state index contributed by atoms with van der Waals surface area (Å²) >= 11 is 0. The quantitative estimate of drug-likeness (QED) is 0.510. The summed E-state index contributed by atoms with van der Waals surface area (Å²) in [4.78, 5) is 21.5. The van der Waals surface area contributed by atoms with Crippen LogP contribution in [0, 0.1) is 0 Å². The van der Waals surface area contributed by atoms with E-state index in [0.717, 1.165) is 11.4 Å². The number of hydrogen-bond donors (Lipinski definition) is 2. The van der Waals surface area contributed by atoms with E-state index in [1.807, 2.05) is 36.4 Å². The third kappa shape index (κ3) is 5.58. The van der Waals surface area contributed by atoms with Gasteiger partial charge in [0.1, 0.15) is 23.7 Å². The van der Waals surface area contributed by atoms with Gasteiger partial charge in [0.2, 0.25) is 5.95 Å². The van der Waals surface area contributed by atoms with Crippen molar-refractivity contribution in [2.24, 2.45) is 0 Å². The third-order valence-electron chi connectivity index (χ3n) is 6.08. The second-order valence-corrected chi connectivity index (χ2v) is 9.87. The number of rotatable bonds is 6. The fourth-order valence-corrected chi connectivity index (χ4v) is 4.22. The van der Waals surface area contributed by atoms with Gasteiger partial charge < -0.3 is 24.3 Å². The summed E-state index contributed by atoms with van der Waals surface area (Å²) in [5, 5.41) is 6.07. The lowest BCUT2D eigenvalue weighted by atomic mass is 9.92. The summed E-state index contributed by atoms with van der Waals surface area (Å²) < 4.78 is 23.3. The molecule has 2 aliphatic heterocycles. The Morgan fingerprint density at radius 1 is 0.944 bits per heavy atom. The average Bonchev–Trinajstić information content (AvgIpc) is 3.44. The second-order valence-electron chi connectivity index (χ2n) is 9.87. The van der Waals surface area contributed by atoms with Crippen molar-refractivity contribution in [2.75, 3.05) is 23.8 Å². The first-order chi connectivity index (χ1) is 17.3. The molecule has 2 N–H and O–H groups in total. The number of anilines is 2. The Balaban J connectivity index is 1.13. The van der Waals surface area contributed by atoms with Crippen molar-refractivity contribution < 1.29 is 23.7 Å². The number of aromatic nitrogens is 2. The van der Waals surface area contributed by atoms with Crippen LogP contribution in [0.1, 0.15) is 26.5 Å². The molecule has 2 saturated heterocycles. The van der Waals surface area contributed by atoms with Crippen LogP contribution in [0.5, 0.6) is 11.5 Å². The van der Waals surface area contributed by atoms with Crippen molar-refractivity contribution in [1.82, 2.24) is 9.97 Å². The topological polar surface area (TPSA) is 104 Å². The van der Waals surface area contributed by atoms with Crippen LogP contribution in [0.15, 0.2) is 66.9 Å². The Hall–Kier alpha value is -3.69. The number of nitrogens with one attached hydrogen (secondary N) is 2. The largest absolute Gasteiger partial charge is 0.457 e. The zero-order chi connectivity index (χ0) is 25.1. The molecule has 1 amide bonds. The molecule has 2 fully saturated rings. The predicted octanol–water partition coefficient (Wildman–Crippen LogP) is 4.76. The predicted molar refractivity (Wildman–Crippen MR) is 134 cm³/mol. The van der Waals surface area contributed by atoms with Crippen molar-refractivity contribution in [3.05, 3.63) is 72.6 Å². The van der Waals surface area contributed by atoms with Crippen molar-refractivity contribution in [3.63, 3.8) is 0 Å². The highest BCUT2D eigenvalue weighted by Crippen LogP contribution is 2.31. The Morgan fingerprint density at radius 3 is 2.42 bits per heavy atom. The fraction of sp³-hybridized carbons (Fsp3) is 0.370. The van der Waals surface area contributed by atoms with Gasteiger partial charge in [-0.1, -0.05) is 39.0 Å². The zero-order valence-corrected chi connectivity index (χ0v) is 20.5. The molecule has 2 aliphatic rings. The molecule has 9 heteroatoms. The van der Waals surface area contributed by atoms with E-state index in [2.05, 4.69) is 41.4 Å². The number of hydrogen-bond acceptors (Lipinski definition) is 8. The Bertz CT molecular complexity index is 1180. The molecule has 0 saturated carbocycles. The summed E-state index contributed by atoms with van der Waals surface area (Å²) in [5.74, 6) is 1.94. The zero-order valence-electron chi connectivity index (χ0n) is 20.5. The van der Waals surface area contributed by atoms with E-state index in [-0.39, 0.29) is 30.3 Å². The minimum Gasteiger partial charge on any atom is -0.457 e. The Labute approximate surface area is 210 Å². The van der Waals surface area contributed by atoms with Crippen molar-refractivity contribution >= 4 is 17.7 Å². The second kappa shape index (κ2) is 10.1. The molecule has 0 spiro atoms. The number of carbonyl (C=O) groups excluding carboxylic acids is 1. The average molecular weight is 491 g/mol. The molecule has 0 unspecified atom stereocenters. The number of amides is 1. The molecule has 3 heterocycles. The summed E-state index contributed by atoms with van der Waals surface area (Å²) in [5.41, 5.74) is 1.46. The standard InChI is InChI=1S/C27H30N4O5/c1-27(2,3)22-13-14-28-25(31-22)30-20-15-33-24-21(16-34-23(20)24)36-26(32)29-17-9-11-19(12-10-17)35-18-7-5-4-6-8-18/h4-14,20-21,23-24H,15-16H2,1-3H3,(H,29,32)(H,28,30,31)/t20-,21-,23-,24+/m1/s1. The monoisotopic (exact) mass is 490 g/mol. The van der Waals surface area contributed by atoms with Gasteiger partial charge in [-0.25, -0.2) is 14.8 Å². The van der Waals surface area contributed by atoms with Gasteiger partial charge in [0, 0.05) is 17.3 Å². The van der Waals surface area contributed by atoms with E-state index in [0.29, 0.717) is 24.0 Å². The maximum Gasteiger partial charge on any atom is 0.412 e. The first-order valence-electron chi connectivity index (χ1n) is 12.0. The smallest absolute Gasteiger partial charge is 0.412 e. The van der Waals surface area contributed by atoms with Crippen LogP contribution in [0.2, 0.25) is 0 Å². The van der Waals surface area contributed by atoms with Gasteiger partial charge >= 0.3 is 6.09 Å². The first kappa shape index (κ1) is 24.0. The number of ether oxygens (including phenoxy) is 4. The number of nitrogens with zero attached hydrogens (tertiary/aromatic N) is 2. The van der Waals surface area contributed by atoms with Crippen LogP contribution in [0.25, 0.3) is 0 Å². The van der Waals surface area contributed by atoms with Gasteiger partial charge in [-0.15, -0.1) is 0 Å². The minimum atomic E-state index is -0.567. The Kier molecular flexibility index (Phi) is 6.75. The van der Waals surface area contributed by atoms with Gasteiger partial charge in [-0.2, -0.15) is 0 Å². The molecule has 0 bridgehead atoms. The van der Waals surface area contributed by atoms with Gasteiger partial charge in [-0.3, -0.25) is 5.32 Å². The molecule has 0 radical (unpaired) electrons. The van der Waals surface area contributed by atoms with E-state index in [1.54, 1.807) is 30.5 Å². The molecule has 9 nitrogen and oxygen atoms in total. The van der Waals surface area contributed by atoms with Gasteiger partial charge in [0.15, 0.2) is 6.10 Å². The third-order valence-corrected chi connectivity index (χ3v) is 6.08. The van der Waals surface area contributed by atoms with Crippen LogP contribution in [-0.4, -0.2) is 53.6 Å². The molecule has 3 aromatic rings. The van der Waals surface area contributed by atoms with E-state index in [4.69, 9.17) is 18.9 Å². The summed E-state index contributed by atoms with van der Waals surface area (Å²) in [6.07, 6.45) is 0.0429. The van der Waals surface area contributed by atoms with Crippen LogP contribution in [-0.2, 0) is 19.6 Å². The minimum absolute atomic E-state index is 0.0839. The molecule has 36 heavy (non-hydrogen) atoms. The van der Waals surface area contributed by atoms with E-state index < -0.39 is 12.2 Å². The highest BCUT2D eigenvalue weighted by Gasteiger charge is 2.49. The van der Waals surface area contributed by atoms with Crippen molar-refractivity contribution in [2.45, 2.75) is 50.5 Å². The summed E-state index contributed by atoms with van der Waals surface area (Å²) in [6, 6.07) is 18.3. The number of carbonyl (C=O) groups is 1. The lowest BCUT2D eigenvalue weighted by Gasteiger charge is -2.20. The molecule has 0 aliphatic carbocycles. The fourth-order valence-electron chi connectivity index (χ4n) is 4.22. The highest BCUT2D eigenvalue weighted by molar-refractivity contribution is 5.84. The van der Waals surface area contributed by atoms with Crippen LogP contribution >= 0.6 is 0 Å². The van der Waals surface area contributed by atoms with E-state index in [1.165, 1.54) is 0 Å².